The van der Waals surface area contributed by atoms with Crippen LogP contribution in [-0.4, -0.2) is 41.0 Å². The van der Waals surface area contributed by atoms with E-state index in [1.54, 1.807) is 25.1 Å². The Kier molecular flexibility index (Phi) is 6.40. The van der Waals surface area contributed by atoms with Crippen LogP contribution in [0.4, 0.5) is 13.6 Å². The number of hydrogen-bond acceptors (Lipinski definition) is 5. The molecule has 0 radical (unpaired) electrons. The first-order valence-corrected chi connectivity index (χ1v) is 10.6. The van der Waals surface area contributed by atoms with Gasteiger partial charge in [0.25, 0.3) is 0 Å². The number of carbonyl (C=O) groups excluding carboxylic acids is 2. The van der Waals surface area contributed by atoms with Gasteiger partial charge < -0.3 is 20.5 Å². The summed E-state index contributed by atoms with van der Waals surface area (Å²) in [5, 5.41) is 14.1. The Bertz CT molecular complexity index is 1310. The first kappa shape index (κ1) is 23.1. The Balaban J connectivity index is 1.69. The van der Waals surface area contributed by atoms with Crippen LogP contribution < -0.4 is 15.4 Å². The predicted octanol–water partition coefficient (Wildman–Crippen LogP) is 3.51. The van der Waals surface area contributed by atoms with Crippen LogP contribution in [0.15, 0.2) is 36.5 Å². The number of fused-ring (bicyclic) bond motifs is 2. The van der Waals surface area contributed by atoms with Crippen molar-refractivity contribution >= 4 is 28.6 Å². The average Bonchev–Trinajstić information content (AvgIpc) is 3.20. The van der Waals surface area contributed by atoms with Gasteiger partial charge in [-0.1, -0.05) is 12.1 Å². The number of carbonyl (C=O) groups is 3. The second-order valence-electron chi connectivity index (χ2n) is 7.71. The van der Waals surface area contributed by atoms with Gasteiger partial charge in [-0.25, -0.2) is 18.6 Å². The lowest BCUT2D eigenvalue weighted by Crippen LogP contribution is -2.37. The predicted molar refractivity (Wildman–Crippen MR) is 118 cm³/mol. The molecule has 8 nitrogen and oxygen atoms in total. The van der Waals surface area contributed by atoms with E-state index in [-0.39, 0.29) is 23.1 Å². The maximum Gasteiger partial charge on any atom is 0.405 e. The number of ketones is 1. The van der Waals surface area contributed by atoms with E-state index in [2.05, 4.69) is 10.3 Å². The topological polar surface area (TPSA) is 118 Å². The number of benzene rings is 2. The van der Waals surface area contributed by atoms with E-state index in [1.165, 1.54) is 12.3 Å². The number of nitrogens with one attached hydrogen (secondary N) is 2. The Morgan fingerprint density at radius 3 is 2.74 bits per heavy atom. The van der Waals surface area contributed by atoms with Gasteiger partial charge in [-0.3, -0.25) is 9.59 Å². The van der Waals surface area contributed by atoms with E-state index >= 15 is 8.78 Å². The number of aromatic nitrogens is 1. The molecule has 0 spiro atoms. The fourth-order valence-corrected chi connectivity index (χ4v) is 4.21. The summed E-state index contributed by atoms with van der Waals surface area (Å²) in [6.45, 7) is 1.67. The molecule has 1 aliphatic carbocycles. The smallest absolute Gasteiger partial charge is 0.405 e. The summed E-state index contributed by atoms with van der Waals surface area (Å²) in [7, 11) is 0. The summed E-state index contributed by atoms with van der Waals surface area (Å²) in [4.78, 5) is 40.0. The molecule has 2 aromatic carbocycles. The third-order valence-corrected chi connectivity index (χ3v) is 5.67. The van der Waals surface area contributed by atoms with Crippen LogP contribution in [0, 0.1) is 11.6 Å². The van der Waals surface area contributed by atoms with E-state index in [0.29, 0.717) is 29.7 Å². The largest absolute Gasteiger partial charge is 0.478 e. The molecule has 3 N–H and O–H groups in total. The number of ether oxygens (including phenoxy) is 1. The van der Waals surface area contributed by atoms with Crippen molar-refractivity contribution in [2.45, 2.75) is 25.8 Å². The summed E-state index contributed by atoms with van der Waals surface area (Å²) in [5.41, 5.74) is -0.170. The highest BCUT2D eigenvalue weighted by Crippen LogP contribution is 2.37. The zero-order valence-electron chi connectivity index (χ0n) is 18.2. The molecule has 1 aromatic heterocycles. The molecule has 34 heavy (non-hydrogen) atoms. The van der Waals surface area contributed by atoms with Gasteiger partial charge in [0.2, 0.25) is 11.8 Å². The zero-order valence-corrected chi connectivity index (χ0v) is 18.2. The summed E-state index contributed by atoms with van der Waals surface area (Å²) in [5.74, 6) is -3.12. The molecule has 4 rings (SSSR count). The molecule has 3 aromatic rings. The molecule has 1 unspecified atom stereocenters. The monoisotopic (exact) mass is 469 g/mol. The highest BCUT2D eigenvalue weighted by atomic mass is 19.1. The number of pyridine rings is 1. The SMILES string of the molecule is CCOc1nccc2c(C(=O)c3c(F)cc4c(c3F)CCC4NC(=O)CNC(=O)O)cccc12. The third kappa shape index (κ3) is 4.26. The number of rotatable bonds is 7. The molecule has 0 saturated carbocycles. The van der Waals surface area contributed by atoms with Gasteiger partial charge in [-0.15, -0.1) is 0 Å². The van der Waals surface area contributed by atoms with E-state index in [9.17, 15) is 14.4 Å². The molecule has 10 heteroatoms. The van der Waals surface area contributed by atoms with E-state index in [1.807, 2.05) is 5.32 Å². The van der Waals surface area contributed by atoms with Gasteiger partial charge in [-0.2, -0.15) is 0 Å². The van der Waals surface area contributed by atoms with E-state index in [0.717, 1.165) is 6.07 Å². The van der Waals surface area contributed by atoms with Crippen LogP contribution in [0.25, 0.3) is 10.8 Å². The molecule has 0 fully saturated rings. The van der Waals surface area contributed by atoms with Crippen LogP contribution >= 0.6 is 0 Å². The average molecular weight is 469 g/mol. The lowest BCUT2D eigenvalue weighted by Gasteiger charge is -2.16. The molecule has 0 aliphatic heterocycles. The van der Waals surface area contributed by atoms with Crippen LogP contribution in [0.3, 0.4) is 0 Å². The number of carboxylic acid groups (broad SMARTS) is 1. The summed E-state index contributed by atoms with van der Waals surface area (Å²) < 4.78 is 36.0. The number of amides is 2. The van der Waals surface area contributed by atoms with Crippen molar-refractivity contribution in [1.29, 1.82) is 0 Å². The van der Waals surface area contributed by atoms with Crippen molar-refractivity contribution in [3.8, 4) is 5.88 Å². The Hall–Kier alpha value is -4.08. The maximum absolute atomic E-state index is 15.4. The minimum atomic E-state index is -1.36. The third-order valence-electron chi connectivity index (χ3n) is 5.67. The minimum Gasteiger partial charge on any atom is -0.478 e. The molecule has 176 valence electrons. The Labute approximate surface area is 192 Å². The molecule has 1 aliphatic rings. The van der Waals surface area contributed by atoms with Gasteiger partial charge in [0.15, 0.2) is 5.78 Å². The van der Waals surface area contributed by atoms with Crippen molar-refractivity contribution in [2.24, 2.45) is 0 Å². The van der Waals surface area contributed by atoms with E-state index in [4.69, 9.17) is 9.84 Å². The number of nitrogens with zero attached hydrogens (tertiary/aromatic N) is 1. The van der Waals surface area contributed by atoms with Crippen molar-refractivity contribution in [2.75, 3.05) is 13.2 Å². The minimum absolute atomic E-state index is 0.112. The summed E-state index contributed by atoms with van der Waals surface area (Å²) >= 11 is 0. The normalized spacial score (nSPS) is 14.5. The van der Waals surface area contributed by atoms with Gasteiger partial charge in [-0.05, 0) is 54.5 Å². The van der Waals surface area contributed by atoms with Crippen molar-refractivity contribution in [3.63, 3.8) is 0 Å². The maximum atomic E-state index is 15.4. The molecular formula is C24H21F2N3O5. The van der Waals surface area contributed by atoms with Gasteiger partial charge >= 0.3 is 6.09 Å². The highest BCUT2D eigenvalue weighted by molar-refractivity contribution is 6.17. The van der Waals surface area contributed by atoms with Crippen LogP contribution in [0.1, 0.15) is 46.4 Å². The standard InChI is InChI=1S/C24H21F2N3O5/c1-2-34-23-15-5-3-4-14(12(15)8-9-27-23)22(31)20-17(25)10-16-13(21(20)26)6-7-18(16)29-19(30)11-28-24(32)33/h3-5,8-10,18,28H,2,6-7,11H2,1H3,(H,29,30)(H,32,33). The quantitative estimate of drug-likeness (QED) is 0.456. The van der Waals surface area contributed by atoms with Gasteiger partial charge in [0.1, 0.15) is 18.2 Å². The fraction of sp³-hybridized carbons (Fsp3) is 0.250. The van der Waals surface area contributed by atoms with Crippen molar-refractivity contribution < 1.29 is 33.0 Å². The van der Waals surface area contributed by atoms with Gasteiger partial charge in [0.05, 0.1) is 18.2 Å². The lowest BCUT2D eigenvalue weighted by molar-refractivity contribution is -0.120. The molecule has 1 heterocycles. The highest BCUT2D eigenvalue weighted by Gasteiger charge is 2.32. The molecule has 2 amide bonds. The molecule has 1 atom stereocenters. The molecule has 0 saturated heterocycles. The Morgan fingerprint density at radius 2 is 2.00 bits per heavy atom. The molecular weight excluding hydrogens is 448 g/mol. The second-order valence-corrected chi connectivity index (χ2v) is 7.71. The van der Waals surface area contributed by atoms with Gasteiger partial charge in [0, 0.05) is 17.1 Å². The second kappa shape index (κ2) is 9.42. The van der Waals surface area contributed by atoms with Crippen LogP contribution in [-0.2, 0) is 11.2 Å². The number of halogens is 2. The molecule has 0 bridgehead atoms. The summed E-state index contributed by atoms with van der Waals surface area (Å²) in [6.07, 6.45) is 0.582. The summed E-state index contributed by atoms with van der Waals surface area (Å²) in [6, 6.07) is 6.76. The first-order chi connectivity index (χ1) is 16.3. The fourth-order valence-electron chi connectivity index (χ4n) is 4.21. The van der Waals surface area contributed by atoms with Crippen molar-refractivity contribution in [1.82, 2.24) is 15.6 Å². The number of hydrogen-bond donors (Lipinski definition) is 3. The van der Waals surface area contributed by atoms with Crippen molar-refractivity contribution in [3.05, 3.63) is 70.4 Å². The Morgan fingerprint density at radius 1 is 1.21 bits per heavy atom. The lowest BCUT2D eigenvalue weighted by atomic mass is 9.94. The first-order valence-electron chi connectivity index (χ1n) is 10.6. The zero-order chi connectivity index (χ0) is 24.4. The van der Waals surface area contributed by atoms with Crippen LogP contribution in [0.5, 0.6) is 5.88 Å². The van der Waals surface area contributed by atoms with Crippen LogP contribution in [0.2, 0.25) is 0 Å². The van der Waals surface area contributed by atoms with E-state index < -0.39 is 47.6 Å².